The summed E-state index contributed by atoms with van der Waals surface area (Å²) in [6.45, 7) is 4.22. The number of alkyl halides is 1. The van der Waals surface area contributed by atoms with Crippen molar-refractivity contribution in [2.75, 3.05) is 13.1 Å². The summed E-state index contributed by atoms with van der Waals surface area (Å²) in [5.41, 5.74) is 0. The van der Waals surface area contributed by atoms with Crippen molar-refractivity contribution < 1.29 is 4.79 Å². The van der Waals surface area contributed by atoms with Crippen LogP contribution in [0.4, 0.5) is 0 Å². The van der Waals surface area contributed by atoms with E-state index in [1.807, 2.05) is 0 Å². The summed E-state index contributed by atoms with van der Waals surface area (Å²) in [6, 6.07) is 0. The van der Waals surface area contributed by atoms with Crippen LogP contribution in [-0.4, -0.2) is 28.7 Å². The molecule has 102 valence electrons. The minimum absolute atomic E-state index is 0.390. The molecule has 1 heterocycles. The van der Waals surface area contributed by atoms with Crippen molar-refractivity contribution in [2.45, 2.75) is 50.3 Å². The van der Waals surface area contributed by atoms with Crippen LogP contribution < -0.4 is 0 Å². The average Bonchev–Trinajstić information content (AvgIpc) is 3.00. The number of fused-ring (bicyclic) bond motifs is 2. The van der Waals surface area contributed by atoms with Crippen LogP contribution in [0.25, 0.3) is 0 Å². The molecular weight excluding hydrogens is 290 g/mol. The molecule has 2 nitrogen and oxygen atoms in total. The number of hydrogen-bond acceptors (Lipinski definition) is 1. The molecule has 2 bridgehead atoms. The van der Waals surface area contributed by atoms with Crippen LogP contribution in [0.15, 0.2) is 0 Å². The third-order valence-electron chi connectivity index (χ3n) is 5.56. The maximum atomic E-state index is 12.6. The summed E-state index contributed by atoms with van der Waals surface area (Å²) in [5.74, 6) is 3.25. The van der Waals surface area contributed by atoms with Gasteiger partial charge < -0.3 is 4.90 Å². The molecule has 0 aromatic carbocycles. The van der Waals surface area contributed by atoms with Crippen LogP contribution in [0, 0.1) is 23.7 Å². The van der Waals surface area contributed by atoms with Crippen molar-refractivity contribution >= 4 is 21.8 Å². The van der Waals surface area contributed by atoms with Gasteiger partial charge in [0, 0.05) is 23.8 Å². The monoisotopic (exact) mass is 313 g/mol. The Kier molecular flexibility index (Phi) is 3.70. The zero-order valence-corrected chi connectivity index (χ0v) is 12.9. The topological polar surface area (TPSA) is 20.3 Å². The number of amides is 1. The summed E-state index contributed by atoms with van der Waals surface area (Å²) in [6.07, 6.45) is 7.59. The van der Waals surface area contributed by atoms with Gasteiger partial charge in [-0.2, -0.15) is 0 Å². The first kappa shape index (κ1) is 13.0. The molecule has 18 heavy (non-hydrogen) atoms. The fourth-order valence-electron chi connectivity index (χ4n) is 4.36. The highest BCUT2D eigenvalue weighted by molar-refractivity contribution is 9.09. The Balaban J connectivity index is 1.55. The summed E-state index contributed by atoms with van der Waals surface area (Å²) < 4.78 is 0. The Hall–Kier alpha value is -0.0500. The van der Waals surface area contributed by atoms with Gasteiger partial charge in [-0.3, -0.25) is 4.79 Å². The molecule has 1 amide bonds. The number of piperidine rings is 1. The average molecular weight is 314 g/mol. The zero-order chi connectivity index (χ0) is 12.7. The fraction of sp³-hybridized carbons (Fsp3) is 0.933. The second-order valence-electron chi connectivity index (χ2n) is 6.62. The SMILES string of the molecule is CC(Br)C1CCN(C(=O)C2CC3CCC2C3)CC1. The van der Waals surface area contributed by atoms with Gasteiger partial charge in [0.2, 0.25) is 5.91 Å². The van der Waals surface area contributed by atoms with Crippen molar-refractivity contribution in [3.8, 4) is 0 Å². The molecule has 0 spiro atoms. The Bertz CT molecular complexity index is 322. The quantitative estimate of drug-likeness (QED) is 0.715. The van der Waals surface area contributed by atoms with Gasteiger partial charge in [-0.25, -0.2) is 0 Å². The van der Waals surface area contributed by atoms with Gasteiger partial charge in [0.25, 0.3) is 0 Å². The van der Waals surface area contributed by atoms with Crippen molar-refractivity contribution in [3.05, 3.63) is 0 Å². The van der Waals surface area contributed by atoms with E-state index in [1.165, 1.54) is 38.5 Å². The minimum atomic E-state index is 0.390. The van der Waals surface area contributed by atoms with Crippen molar-refractivity contribution in [3.63, 3.8) is 0 Å². The molecule has 1 aliphatic heterocycles. The van der Waals surface area contributed by atoms with Gasteiger partial charge in [-0.1, -0.05) is 29.3 Å². The van der Waals surface area contributed by atoms with E-state index < -0.39 is 0 Å². The molecule has 0 N–H and O–H groups in total. The standard InChI is InChI=1S/C15H24BrNO/c1-10(16)12-4-6-17(7-5-12)15(18)14-9-11-2-3-13(14)8-11/h10-14H,2-9H2,1H3. The van der Waals surface area contributed by atoms with E-state index in [0.29, 0.717) is 16.7 Å². The predicted octanol–water partition coefficient (Wildman–Crippen LogP) is 3.44. The van der Waals surface area contributed by atoms with E-state index in [-0.39, 0.29) is 0 Å². The predicted molar refractivity (Wildman–Crippen MR) is 76.6 cm³/mol. The van der Waals surface area contributed by atoms with E-state index in [4.69, 9.17) is 0 Å². The first-order valence-corrected chi connectivity index (χ1v) is 8.49. The van der Waals surface area contributed by atoms with Crippen LogP contribution >= 0.6 is 15.9 Å². The lowest BCUT2D eigenvalue weighted by atomic mass is 9.86. The zero-order valence-electron chi connectivity index (χ0n) is 11.3. The number of rotatable bonds is 2. The summed E-state index contributed by atoms with van der Waals surface area (Å²) in [5, 5.41) is 0. The van der Waals surface area contributed by atoms with Crippen molar-refractivity contribution in [2.24, 2.45) is 23.7 Å². The molecule has 0 aromatic rings. The molecule has 0 radical (unpaired) electrons. The molecule has 2 aliphatic carbocycles. The van der Waals surface area contributed by atoms with E-state index in [2.05, 4.69) is 27.8 Å². The molecule has 0 aromatic heterocycles. The Labute approximate surface area is 119 Å². The highest BCUT2D eigenvalue weighted by Gasteiger charge is 2.44. The number of halogens is 1. The van der Waals surface area contributed by atoms with E-state index in [0.717, 1.165) is 30.8 Å². The molecule has 2 saturated carbocycles. The van der Waals surface area contributed by atoms with Gasteiger partial charge in [0.15, 0.2) is 0 Å². The van der Waals surface area contributed by atoms with Gasteiger partial charge in [0.05, 0.1) is 0 Å². The molecule has 4 unspecified atom stereocenters. The van der Waals surface area contributed by atoms with Gasteiger partial charge in [-0.05, 0) is 49.9 Å². The maximum absolute atomic E-state index is 12.6. The largest absolute Gasteiger partial charge is 0.342 e. The van der Waals surface area contributed by atoms with Crippen molar-refractivity contribution in [1.29, 1.82) is 0 Å². The minimum Gasteiger partial charge on any atom is -0.342 e. The smallest absolute Gasteiger partial charge is 0.225 e. The highest BCUT2D eigenvalue weighted by Crippen LogP contribution is 2.49. The van der Waals surface area contributed by atoms with Crippen LogP contribution in [0.1, 0.15) is 45.4 Å². The lowest BCUT2D eigenvalue weighted by Gasteiger charge is -2.36. The number of carbonyl (C=O) groups excluding carboxylic acids is 1. The second-order valence-corrected chi connectivity index (χ2v) is 8.07. The Morgan fingerprint density at radius 2 is 1.89 bits per heavy atom. The van der Waals surface area contributed by atoms with Gasteiger partial charge in [-0.15, -0.1) is 0 Å². The summed E-state index contributed by atoms with van der Waals surface area (Å²) >= 11 is 3.68. The van der Waals surface area contributed by atoms with Crippen LogP contribution in [0.2, 0.25) is 0 Å². The number of nitrogens with zero attached hydrogens (tertiary/aromatic N) is 1. The van der Waals surface area contributed by atoms with Gasteiger partial charge >= 0.3 is 0 Å². The second kappa shape index (κ2) is 5.15. The molecule has 3 heteroatoms. The lowest BCUT2D eigenvalue weighted by Crippen LogP contribution is -2.44. The normalized spacial score (nSPS) is 38.1. The fourth-order valence-corrected chi connectivity index (χ4v) is 4.89. The number of carbonyl (C=O) groups is 1. The summed E-state index contributed by atoms with van der Waals surface area (Å²) in [4.78, 5) is 15.3. The van der Waals surface area contributed by atoms with E-state index in [9.17, 15) is 4.79 Å². The third kappa shape index (κ3) is 2.35. The molecule has 3 aliphatic rings. The van der Waals surface area contributed by atoms with Crippen molar-refractivity contribution in [1.82, 2.24) is 4.90 Å². The molecule has 3 rings (SSSR count). The van der Waals surface area contributed by atoms with Gasteiger partial charge in [0.1, 0.15) is 0 Å². The third-order valence-corrected chi connectivity index (χ3v) is 6.30. The molecule has 3 fully saturated rings. The van der Waals surface area contributed by atoms with Crippen LogP contribution in [0.5, 0.6) is 0 Å². The van der Waals surface area contributed by atoms with E-state index >= 15 is 0 Å². The van der Waals surface area contributed by atoms with E-state index in [1.54, 1.807) is 0 Å². The van der Waals surface area contributed by atoms with Crippen LogP contribution in [-0.2, 0) is 4.79 Å². The first-order chi connectivity index (χ1) is 8.65. The Morgan fingerprint density at radius 3 is 2.39 bits per heavy atom. The van der Waals surface area contributed by atoms with Crippen LogP contribution in [0.3, 0.4) is 0 Å². The highest BCUT2D eigenvalue weighted by atomic mass is 79.9. The molecular formula is C15H24BrNO. The lowest BCUT2D eigenvalue weighted by molar-refractivity contribution is -0.138. The number of hydrogen-bond donors (Lipinski definition) is 0. The Morgan fingerprint density at radius 1 is 1.17 bits per heavy atom. The maximum Gasteiger partial charge on any atom is 0.225 e. The first-order valence-electron chi connectivity index (χ1n) is 7.58. The molecule has 4 atom stereocenters. The number of likely N-dealkylation sites (tertiary alicyclic amines) is 1. The summed E-state index contributed by atoms with van der Waals surface area (Å²) in [7, 11) is 0. The molecule has 1 saturated heterocycles.